The summed E-state index contributed by atoms with van der Waals surface area (Å²) in [5, 5.41) is 1.76. The highest BCUT2D eigenvalue weighted by atomic mass is 35.5. The first-order chi connectivity index (χ1) is 11.3. The molecular formula is C14H4Cl6N2O2. The third kappa shape index (κ3) is 6.10. The van der Waals surface area contributed by atoms with E-state index in [0.29, 0.717) is 15.1 Å². The van der Waals surface area contributed by atoms with Gasteiger partial charge in [0.05, 0.1) is 30.8 Å². The summed E-state index contributed by atoms with van der Waals surface area (Å²) < 4.78 is 0. The zero-order valence-corrected chi connectivity index (χ0v) is 15.8. The van der Waals surface area contributed by atoms with Gasteiger partial charge in [-0.2, -0.15) is 9.98 Å². The van der Waals surface area contributed by atoms with Gasteiger partial charge >= 0.3 is 0 Å². The zero-order chi connectivity index (χ0) is 18.3. The Bertz CT molecular complexity index is 836. The minimum absolute atomic E-state index is 0.192. The second-order valence-corrected chi connectivity index (χ2v) is 6.31. The fourth-order valence-electron chi connectivity index (χ4n) is 1.33. The molecule has 0 N–H and O–H groups in total. The highest BCUT2D eigenvalue weighted by molar-refractivity contribution is 6.44. The van der Waals surface area contributed by atoms with Crippen molar-refractivity contribution in [2.45, 2.75) is 0 Å². The van der Waals surface area contributed by atoms with Gasteiger partial charge in [-0.25, -0.2) is 9.59 Å². The van der Waals surface area contributed by atoms with E-state index < -0.39 is 0 Å². The van der Waals surface area contributed by atoms with Crippen LogP contribution in [0.2, 0.25) is 30.1 Å². The van der Waals surface area contributed by atoms with Crippen LogP contribution in [-0.2, 0) is 9.59 Å². The van der Waals surface area contributed by atoms with Crippen molar-refractivity contribution in [2.24, 2.45) is 9.98 Å². The largest absolute Gasteiger partial charge is 0.240 e. The number of benzene rings is 2. The Hall–Kier alpha value is -1.06. The number of nitrogens with zero attached hydrogens (tertiary/aromatic N) is 2. The van der Waals surface area contributed by atoms with Gasteiger partial charge in [0, 0.05) is 5.02 Å². The minimum Gasteiger partial charge on any atom is -0.211 e. The molecule has 0 spiro atoms. The summed E-state index contributed by atoms with van der Waals surface area (Å²) in [4.78, 5) is 26.5. The van der Waals surface area contributed by atoms with Gasteiger partial charge in [0.2, 0.25) is 12.2 Å². The molecule has 4 nitrogen and oxygen atoms in total. The maximum absolute atomic E-state index is 9.92. The van der Waals surface area contributed by atoms with Crippen molar-refractivity contribution in [2.75, 3.05) is 0 Å². The van der Waals surface area contributed by atoms with Crippen LogP contribution in [0.5, 0.6) is 0 Å². The van der Waals surface area contributed by atoms with Crippen LogP contribution < -0.4 is 0 Å². The molecule has 0 unspecified atom stereocenters. The molecule has 0 radical (unpaired) electrons. The first-order valence-corrected chi connectivity index (χ1v) is 8.01. The lowest BCUT2D eigenvalue weighted by atomic mass is 10.3. The van der Waals surface area contributed by atoms with Gasteiger partial charge in [0.15, 0.2) is 0 Å². The summed E-state index contributed by atoms with van der Waals surface area (Å²) in [7, 11) is 0. The molecule has 0 aliphatic heterocycles. The number of carbonyl (C=O) groups excluding carboxylic acids is 2. The molecule has 2 aromatic carbocycles. The molecule has 0 saturated carbocycles. The predicted octanol–water partition coefficient (Wildman–Crippen LogP) is 7.23. The van der Waals surface area contributed by atoms with Gasteiger partial charge in [0.25, 0.3) is 0 Å². The normalized spacial score (nSPS) is 9.25. The van der Waals surface area contributed by atoms with Crippen LogP contribution in [0, 0.1) is 0 Å². The Labute approximate surface area is 166 Å². The van der Waals surface area contributed by atoms with Crippen molar-refractivity contribution < 1.29 is 9.59 Å². The number of isocyanates is 2. The molecule has 2 rings (SSSR count). The summed E-state index contributed by atoms with van der Waals surface area (Å²) in [5.74, 6) is 0. The van der Waals surface area contributed by atoms with Crippen molar-refractivity contribution in [1.82, 2.24) is 0 Å². The second-order valence-electron chi connectivity index (χ2n) is 3.84. The molecule has 2 aromatic rings. The molecule has 0 bridgehead atoms. The Kier molecular flexibility index (Phi) is 8.79. The van der Waals surface area contributed by atoms with Crippen LogP contribution in [0.15, 0.2) is 34.3 Å². The van der Waals surface area contributed by atoms with E-state index >= 15 is 0 Å². The number of hydrogen-bond donors (Lipinski definition) is 0. The van der Waals surface area contributed by atoms with E-state index in [4.69, 9.17) is 69.6 Å². The molecule has 0 amide bonds. The topological polar surface area (TPSA) is 58.9 Å². The standard InChI is InChI=1S/2C7H2Cl3NO/c8-4-1-6(10)7(11-3-12)2-5(4)9;8-4-1-5(9)7(11-3-12)6(10)2-4/h2*1-2H. The molecule has 0 atom stereocenters. The minimum atomic E-state index is 0.192. The molecule has 124 valence electrons. The molecule has 0 heterocycles. The average molecular weight is 445 g/mol. The smallest absolute Gasteiger partial charge is 0.211 e. The quantitative estimate of drug-likeness (QED) is 0.278. The van der Waals surface area contributed by atoms with Gasteiger partial charge < -0.3 is 0 Å². The highest BCUT2D eigenvalue weighted by Crippen LogP contribution is 2.35. The van der Waals surface area contributed by atoms with Crippen LogP contribution >= 0.6 is 69.6 Å². The fraction of sp³-hybridized carbons (Fsp3) is 0. The molecular weight excluding hydrogens is 441 g/mol. The Morgan fingerprint density at radius 1 is 0.625 bits per heavy atom. The van der Waals surface area contributed by atoms with Crippen molar-refractivity contribution in [3.63, 3.8) is 0 Å². The molecule has 0 fully saturated rings. The summed E-state index contributed by atoms with van der Waals surface area (Å²) >= 11 is 33.9. The van der Waals surface area contributed by atoms with Crippen molar-refractivity contribution in [1.29, 1.82) is 0 Å². The van der Waals surface area contributed by atoms with Crippen LogP contribution in [0.1, 0.15) is 0 Å². The Balaban J connectivity index is 0.000000240. The zero-order valence-electron chi connectivity index (χ0n) is 11.3. The Morgan fingerprint density at radius 2 is 1.12 bits per heavy atom. The van der Waals surface area contributed by atoms with Crippen molar-refractivity contribution in [3.05, 3.63) is 54.4 Å². The van der Waals surface area contributed by atoms with Crippen LogP contribution in [0.4, 0.5) is 11.4 Å². The molecule has 0 aliphatic rings. The van der Waals surface area contributed by atoms with Gasteiger partial charge in [0.1, 0.15) is 5.69 Å². The molecule has 0 aromatic heterocycles. The first-order valence-electron chi connectivity index (χ1n) is 5.75. The van der Waals surface area contributed by atoms with E-state index in [9.17, 15) is 9.59 Å². The van der Waals surface area contributed by atoms with Crippen LogP contribution in [0.25, 0.3) is 0 Å². The monoisotopic (exact) mass is 442 g/mol. The maximum Gasteiger partial charge on any atom is 0.240 e. The number of rotatable bonds is 2. The predicted molar refractivity (Wildman–Crippen MR) is 98.5 cm³/mol. The number of halogens is 6. The lowest BCUT2D eigenvalue weighted by Crippen LogP contribution is -1.72. The molecule has 0 aliphatic carbocycles. The van der Waals surface area contributed by atoms with Crippen molar-refractivity contribution >= 4 is 93.1 Å². The van der Waals surface area contributed by atoms with E-state index in [1.54, 1.807) is 0 Å². The van der Waals surface area contributed by atoms with Gasteiger partial charge in [-0.05, 0) is 24.3 Å². The lowest BCUT2D eigenvalue weighted by Gasteiger charge is -1.98. The third-order valence-corrected chi connectivity index (χ3v) is 4.11. The summed E-state index contributed by atoms with van der Waals surface area (Å²) in [6.07, 6.45) is 2.71. The highest BCUT2D eigenvalue weighted by Gasteiger charge is 2.06. The lowest BCUT2D eigenvalue weighted by molar-refractivity contribution is 0.564. The second kappa shape index (κ2) is 10.0. The average Bonchev–Trinajstić information content (AvgIpc) is 2.49. The fourth-order valence-corrected chi connectivity index (χ4v) is 2.82. The van der Waals surface area contributed by atoms with Gasteiger partial charge in [-0.3, -0.25) is 0 Å². The first kappa shape index (κ1) is 21.0. The van der Waals surface area contributed by atoms with E-state index in [2.05, 4.69) is 9.98 Å². The number of aliphatic imine (C=N–C) groups is 2. The van der Waals surface area contributed by atoms with E-state index in [1.165, 1.54) is 36.4 Å². The van der Waals surface area contributed by atoms with Crippen LogP contribution in [-0.4, -0.2) is 12.2 Å². The van der Waals surface area contributed by atoms with E-state index in [-0.39, 0.29) is 26.4 Å². The number of hydrogen-bond acceptors (Lipinski definition) is 4. The molecule has 0 saturated heterocycles. The third-order valence-electron chi connectivity index (χ3n) is 2.29. The molecule has 10 heteroatoms. The van der Waals surface area contributed by atoms with Gasteiger partial charge in [-0.1, -0.05) is 69.6 Å². The van der Waals surface area contributed by atoms with Crippen molar-refractivity contribution in [3.8, 4) is 0 Å². The maximum atomic E-state index is 9.92. The van der Waals surface area contributed by atoms with E-state index in [0.717, 1.165) is 0 Å². The Morgan fingerprint density at radius 3 is 1.62 bits per heavy atom. The SMILES string of the molecule is O=C=Nc1c(Cl)cc(Cl)cc1Cl.O=C=Nc1cc(Cl)c(Cl)cc1Cl. The van der Waals surface area contributed by atoms with E-state index in [1.807, 2.05) is 0 Å². The van der Waals surface area contributed by atoms with Gasteiger partial charge in [-0.15, -0.1) is 0 Å². The summed E-state index contributed by atoms with van der Waals surface area (Å²) in [5.41, 5.74) is 0.457. The van der Waals surface area contributed by atoms with Crippen LogP contribution in [0.3, 0.4) is 0 Å². The molecule has 24 heavy (non-hydrogen) atoms. The summed E-state index contributed by atoms with van der Waals surface area (Å²) in [6.45, 7) is 0. The summed E-state index contributed by atoms with van der Waals surface area (Å²) in [6, 6.07) is 5.72.